The highest BCUT2D eigenvalue weighted by Crippen LogP contribution is 2.60. The lowest BCUT2D eigenvalue weighted by molar-refractivity contribution is -0.123. The summed E-state index contributed by atoms with van der Waals surface area (Å²) in [6.07, 6.45) is 0.919. The van der Waals surface area contributed by atoms with Gasteiger partial charge in [-0.15, -0.1) is 0 Å². The number of alkyl halides is 2. The van der Waals surface area contributed by atoms with Gasteiger partial charge in [-0.3, -0.25) is 9.59 Å². The molecule has 1 heterocycles. The van der Waals surface area contributed by atoms with Gasteiger partial charge in [-0.1, -0.05) is 55.1 Å². The van der Waals surface area contributed by atoms with Gasteiger partial charge in [0.2, 0.25) is 11.8 Å². The van der Waals surface area contributed by atoms with Crippen molar-refractivity contribution < 1.29 is 9.59 Å². The minimum atomic E-state index is -0.228. The number of hydrogen-bond donors (Lipinski definition) is 0. The van der Waals surface area contributed by atoms with Crippen molar-refractivity contribution in [2.45, 2.75) is 16.1 Å². The lowest BCUT2D eigenvalue weighted by Gasteiger charge is -2.28. The molecule has 6 unspecified atom stereocenters. The van der Waals surface area contributed by atoms with E-state index in [0.717, 1.165) is 6.42 Å². The highest BCUT2D eigenvalue weighted by molar-refractivity contribution is 9.12. The number of benzene rings is 1. The zero-order valence-electron chi connectivity index (χ0n) is 11.2. The quantitative estimate of drug-likeness (QED) is 0.457. The van der Waals surface area contributed by atoms with Crippen LogP contribution in [0, 0.1) is 23.7 Å². The van der Waals surface area contributed by atoms with Gasteiger partial charge in [-0.2, -0.15) is 0 Å². The van der Waals surface area contributed by atoms with Gasteiger partial charge in [0.15, 0.2) is 0 Å². The zero-order chi connectivity index (χ0) is 15.8. The predicted molar refractivity (Wildman–Crippen MR) is 93.0 cm³/mol. The van der Waals surface area contributed by atoms with Crippen molar-refractivity contribution in [1.82, 2.24) is 0 Å². The molecule has 3 nitrogen and oxygen atoms in total. The third-order valence-corrected chi connectivity index (χ3v) is 8.74. The van der Waals surface area contributed by atoms with Crippen LogP contribution < -0.4 is 4.90 Å². The van der Waals surface area contributed by atoms with Gasteiger partial charge < -0.3 is 0 Å². The smallest absolute Gasteiger partial charge is 0.238 e. The number of amides is 2. The predicted octanol–water partition coefficient (Wildman–Crippen LogP) is 4.28. The number of nitrogens with zero attached hydrogens (tertiary/aromatic N) is 1. The van der Waals surface area contributed by atoms with E-state index in [9.17, 15) is 9.59 Å². The van der Waals surface area contributed by atoms with Gasteiger partial charge in [0, 0.05) is 19.7 Å². The van der Waals surface area contributed by atoms with E-state index >= 15 is 0 Å². The normalized spacial score (nSPS) is 39.7. The number of carbonyl (C=O) groups excluding carboxylic acids is 2. The number of rotatable bonds is 1. The summed E-state index contributed by atoms with van der Waals surface area (Å²) in [4.78, 5) is 27.4. The molecule has 2 bridgehead atoms. The Balaban J connectivity index is 1.76. The standard InChI is InChI=1S/C15H11Br2Cl2NO2/c16-12-8-4-9(13(12)17)11-10(8)14(21)20(15(11)22)7-2-5(18)1-6(19)3-7/h1-3,8-13H,4H2. The second-order valence-corrected chi connectivity index (χ2v) is 9.13. The summed E-state index contributed by atoms with van der Waals surface area (Å²) in [5.41, 5.74) is 0.471. The second kappa shape index (κ2) is 5.20. The number of anilines is 1. The molecule has 0 aromatic heterocycles. The monoisotopic (exact) mass is 465 g/mol. The van der Waals surface area contributed by atoms with E-state index in [1.807, 2.05) is 0 Å². The van der Waals surface area contributed by atoms with Crippen molar-refractivity contribution in [3.63, 3.8) is 0 Å². The molecule has 3 aliphatic rings. The van der Waals surface area contributed by atoms with Crippen LogP contribution in [0.25, 0.3) is 0 Å². The van der Waals surface area contributed by atoms with E-state index in [1.165, 1.54) is 4.90 Å². The van der Waals surface area contributed by atoms with Gasteiger partial charge in [-0.25, -0.2) is 4.90 Å². The summed E-state index contributed by atoms with van der Waals surface area (Å²) in [6.45, 7) is 0. The minimum absolute atomic E-state index is 0.121. The van der Waals surface area contributed by atoms with Crippen LogP contribution in [0.4, 0.5) is 5.69 Å². The molecule has 6 atom stereocenters. The van der Waals surface area contributed by atoms with Crippen molar-refractivity contribution >= 4 is 72.6 Å². The van der Waals surface area contributed by atoms with Gasteiger partial charge in [0.05, 0.1) is 17.5 Å². The summed E-state index contributed by atoms with van der Waals surface area (Å²) in [7, 11) is 0. The summed E-state index contributed by atoms with van der Waals surface area (Å²) < 4.78 is 0. The van der Waals surface area contributed by atoms with Crippen LogP contribution in [-0.4, -0.2) is 21.5 Å². The van der Waals surface area contributed by atoms with E-state index in [2.05, 4.69) is 31.9 Å². The van der Waals surface area contributed by atoms with Crippen molar-refractivity contribution in [2.24, 2.45) is 23.7 Å². The molecule has 1 aromatic rings. The summed E-state index contributed by atoms with van der Waals surface area (Å²) >= 11 is 19.4. The molecule has 1 saturated heterocycles. The molecule has 0 radical (unpaired) electrons. The Morgan fingerprint density at radius 3 is 1.82 bits per heavy atom. The maximum atomic E-state index is 12.8. The first-order valence-electron chi connectivity index (χ1n) is 7.02. The highest BCUT2D eigenvalue weighted by Gasteiger charge is 2.66. The van der Waals surface area contributed by atoms with Crippen LogP contribution in [0.1, 0.15) is 6.42 Å². The summed E-state index contributed by atoms with van der Waals surface area (Å²) in [6, 6.07) is 4.82. The van der Waals surface area contributed by atoms with Gasteiger partial charge in [-0.05, 0) is 36.5 Å². The molecular formula is C15H11Br2Cl2NO2. The van der Waals surface area contributed by atoms with Gasteiger partial charge >= 0.3 is 0 Å². The Hall–Kier alpha value is -0.100. The van der Waals surface area contributed by atoms with E-state index in [1.54, 1.807) is 18.2 Å². The van der Waals surface area contributed by atoms with Crippen LogP contribution >= 0.6 is 55.1 Å². The molecule has 0 N–H and O–H groups in total. The van der Waals surface area contributed by atoms with Gasteiger partial charge in [0.1, 0.15) is 0 Å². The molecule has 2 saturated carbocycles. The lowest BCUT2D eigenvalue weighted by Crippen LogP contribution is -2.37. The molecule has 1 aliphatic heterocycles. The highest BCUT2D eigenvalue weighted by atomic mass is 79.9. The third kappa shape index (κ3) is 1.98. The van der Waals surface area contributed by atoms with E-state index in [4.69, 9.17) is 23.2 Å². The second-order valence-electron chi connectivity index (χ2n) is 6.14. The largest absolute Gasteiger partial charge is 0.274 e. The molecule has 3 fully saturated rings. The molecular weight excluding hydrogens is 457 g/mol. The first kappa shape index (κ1) is 15.4. The molecule has 2 aliphatic carbocycles. The molecule has 1 aromatic carbocycles. The fraction of sp³-hybridized carbons (Fsp3) is 0.467. The maximum absolute atomic E-state index is 12.8. The summed E-state index contributed by atoms with van der Waals surface area (Å²) in [5.74, 6) is -0.290. The summed E-state index contributed by atoms with van der Waals surface area (Å²) in [5, 5.41) is 0.833. The number of imide groups is 1. The average Bonchev–Trinajstić information content (AvgIpc) is 3.03. The van der Waals surface area contributed by atoms with Crippen molar-refractivity contribution in [2.75, 3.05) is 4.90 Å². The Bertz CT molecular complexity index is 646. The lowest BCUT2D eigenvalue weighted by atomic mass is 9.81. The van der Waals surface area contributed by atoms with Gasteiger partial charge in [0.25, 0.3) is 0 Å². The maximum Gasteiger partial charge on any atom is 0.238 e. The Morgan fingerprint density at radius 1 is 0.909 bits per heavy atom. The molecule has 0 spiro atoms. The van der Waals surface area contributed by atoms with Crippen molar-refractivity contribution in [1.29, 1.82) is 0 Å². The number of hydrogen-bond acceptors (Lipinski definition) is 2. The fourth-order valence-electron chi connectivity index (χ4n) is 4.27. The van der Waals surface area contributed by atoms with Crippen LogP contribution in [0.15, 0.2) is 18.2 Å². The van der Waals surface area contributed by atoms with Crippen molar-refractivity contribution in [3.8, 4) is 0 Å². The van der Waals surface area contributed by atoms with Crippen LogP contribution in [0.2, 0.25) is 10.0 Å². The molecule has 4 rings (SSSR count). The van der Waals surface area contributed by atoms with E-state index in [-0.39, 0.29) is 45.1 Å². The fourth-order valence-corrected chi connectivity index (χ4v) is 6.66. The van der Waals surface area contributed by atoms with Crippen molar-refractivity contribution in [3.05, 3.63) is 28.2 Å². The first-order valence-corrected chi connectivity index (χ1v) is 9.61. The SMILES string of the molecule is O=C1C2C3CC(C(Br)C3Br)C2C(=O)N1c1cc(Cl)cc(Cl)c1. The van der Waals surface area contributed by atoms with Crippen LogP contribution in [0.5, 0.6) is 0 Å². The third-order valence-electron chi connectivity index (χ3n) is 5.09. The molecule has 7 heteroatoms. The average molecular weight is 468 g/mol. The number of fused-ring (bicyclic) bond motifs is 5. The number of halogens is 4. The molecule has 2 amide bonds. The van der Waals surface area contributed by atoms with E-state index < -0.39 is 0 Å². The topological polar surface area (TPSA) is 37.4 Å². The minimum Gasteiger partial charge on any atom is -0.274 e. The molecule has 22 heavy (non-hydrogen) atoms. The zero-order valence-corrected chi connectivity index (χ0v) is 15.9. The Labute approximate surface area is 154 Å². The molecule has 116 valence electrons. The number of carbonyl (C=O) groups is 2. The Morgan fingerprint density at radius 2 is 1.36 bits per heavy atom. The van der Waals surface area contributed by atoms with Crippen LogP contribution in [-0.2, 0) is 9.59 Å². The van der Waals surface area contributed by atoms with Crippen LogP contribution in [0.3, 0.4) is 0 Å². The van der Waals surface area contributed by atoms with E-state index in [0.29, 0.717) is 15.7 Å². The first-order chi connectivity index (χ1) is 10.4. The Kier molecular flexibility index (Phi) is 3.65.